The fourth-order valence-electron chi connectivity index (χ4n) is 2.34. The number of hydrogen-bond donors (Lipinski definition) is 0. The largest absolute Gasteiger partial charge is 0.464 e. The van der Waals surface area contributed by atoms with Gasteiger partial charge in [-0.05, 0) is 49.4 Å². The Morgan fingerprint density at radius 1 is 0.905 bits per heavy atom. The lowest BCUT2D eigenvalue weighted by molar-refractivity contribution is 0.581. The highest BCUT2D eigenvalue weighted by molar-refractivity contribution is 5.81. The van der Waals surface area contributed by atoms with Crippen LogP contribution in [-0.4, -0.2) is 4.98 Å². The first kappa shape index (κ1) is 12.0. The van der Waals surface area contributed by atoms with E-state index in [2.05, 4.69) is 24.0 Å². The summed E-state index contributed by atoms with van der Waals surface area (Å²) in [6, 6.07) is 17.9. The van der Waals surface area contributed by atoms with Crippen molar-refractivity contribution in [2.45, 2.75) is 6.92 Å². The lowest BCUT2D eigenvalue weighted by Gasteiger charge is -1.95. The molecule has 0 saturated heterocycles. The first-order valence-electron chi connectivity index (χ1n) is 6.81. The molecule has 4 aromatic rings. The second-order valence-electron chi connectivity index (χ2n) is 5.04. The minimum Gasteiger partial charge on any atom is -0.464 e. The van der Waals surface area contributed by atoms with Crippen molar-refractivity contribution in [3.8, 4) is 22.8 Å². The Bertz CT molecular complexity index is 887. The second-order valence-corrected chi connectivity index (χ2v) is 5.04. The molecule has 2 heterocycles. The van der Waals surface area contributed by atoms with Crippen molar-refractivity contribution in [1.82, 2.24) is 4.98 Å². The van der Waals surface area contributed by atoms with Gasteiger partial charge in [0.2, 0.25) is 5.89 Å². The van der Waals surface area contributed by atoms with E-state index in [1.54, 1.807) is 6.26 Å². The van der Waals surface area contributed by atoms with Gasteiger partial charge in [0.15, 0.2) is 5.58 Å². The fourth-order valence-corrected chi connectivity index (χ4v) is 2.34. The van der Waals surface area contributed by atoms with E-state index in [4.69, 9.17) is 8.83 Å². The van der Waals surface area contributed by atoms with Crippen molar-refractivity contribution in [1.29, 1.82) is 0 Å². The lowest BCUT2D eigenvalue weighted by atomic mass is 10.1. The Morgan fingerprint density at radius 2 is 1.71 bits per heavy atom. The van der Waals surface area contributed by atoms with E-state index in [1.807, 2.05) is 42.5 Å². The molecule has 3 heteroatoms. The Labute approximate surface area is 121 Å². The predicted molar refractivity (Wildman–Crippen MR) is 81.9 cm³/mol. The molecule has 0 N–H and O–H groups in total. The van der Waals surface area contributed by atoms with Gasteiger partial charge >= 0.3 is 0 Å². The maximum absolute atomic E-state index is 5.88. The standard InChI is InChI=1S/C18H13NO2/c1-12-4-6-13(7-5-12)18-19-15-9-8-14(11-17(15)21-18)16-3-2-10-20-16/h2-11H,1H3. The predicted octanol–water partition coefficient (Wildman–Crippen LogP) is 5.06. The summed E-state index contributed by atoms with van der Waals surface area (Å²) in [4.78, 5) is 4.54. The molecule has 3 nitrogen and oxygen atoms in total. The molecule has 0 amide bonds. The van der Waals surface area contributed by atoms with Gasteiger partial charge in [0.05, 0.1) is 6.26 Å². The molecule has 102 valence electrons. The monoisotopic (exact) mass is 275 g/mol. The molecule has 4 rings (SSSR count). The number of rotatable bonds is 2. The minimum absolute atomic E-state index is 0.640. The van der Waals surface area contributed by atoms with Crippen LogP contribution in [0.4, 0.5) is 0 Å². The smallest absolute Gasteiger partial charge is 0.227 e. The van der Waals surface area contributed by atoms with Crippen LogP contribution in [0, 0.1) is 6.92 Å². The van der Waals surface area contributed by atoms with Gasteiger partial charge in [0.25, 0.3) is 0 Å². The number of furan rings is 1. The van der Waals surface area contributed by atoms with Crippen molar-refractivity contribution in [2.24, 2.45) is 0 Å². The fraction of sp³-hybridized carbons (Fsp3) is 0.0556. The van der Waals surface area contributed by atoms with Crippen molar-refractivity contribution in [3.63, 3.8) is 0 Å². The topological polar surface area (TPSA) is 39.2 Å². The van der Waals surface area contributed by atoms with Crippen molar-refractivity contribution >= 4 is 11.1 Å². The van der Waals surface area contributed by atoms with Crippen LogP contribution in [0.2, 0.25) is 0 Å². The third-order valence-electron chi connectivity index (χ3n) is 3.49. The number of aromatic nitrogens is 1. The van der Waals surface area contributed by atoms with Crippen LogP contribution in [0.3, 0.4) is 0 Å². The van der Waals surface area contributed by atoms with Crippen LogP contribution >= 0.6 is 0 Å². The van der Waals surface area contributed by atoms with E-state index in [1.165, 1.54) is 5.56 Å². The number of fused-ring (bicyclic) bond motifs is 1. The highest BCUT2D eigenvalue weighted by atomic mass is 16.3. The second kappa shape index (κ2) is 4.63. The van der Waals surface area contributed by atoms with E-state index in [0.29, 0.717) is 5.89 Å². The number of aryl methyl sites for hydroxylation is 1. The average molecular weight is 275 g/mol. The van der Waals surface area contributed by atoms with Gasteiger partial charge in [-0.1, -0.05) is 17.7 Å². The maximum Gasteiger partial charge on any atom is 0.227 e. The number of nitrogens with zero attached hydrogens (tertiary/aromatic N) is 1. The summed E-state index contributed by atoms with van der Waals surface area (Å²) in [6.07, 6.45) is 1.66. The molecule has 0 atom stereocenters. The van der Waals surface area contributed by atoms with E-state index >= 15 is 0 Å². The van der Waals surface area contributed by atoms with Gasteiger partial charge in [-0.25, -0.2) is 4.98 Å². The Balaban J connectivity index is 1.81. The van der Waals surface area contributed by atoms with Gasteiger partial charge < -0.3 is 8.83 Å². The Kier molecular flexibility index (Phi) is 2.64. The first-order chi connectivity index (χ1) is 10.3. The van der Waals surface area contributed by atoms with Crippen LogP contribution in [0.1, 0.15) is 5.56 Å². The van der Waals surface area contributed by atoms with Gasteiger partial charge in [0.1, 0.15) is 11.3 Å². The molecule has 0 aliphatic carbocycles. The molecule has 0 unspecified atom stereocenters. The zero-order chi connectivity index (χ0) is 14.2. The molecule has 0 bridgehead atoms. The first-order valence-corrected chi connectivity index (χ1v) is 6.81. The quantitative estimate of drug-likeness (QED) is 0.513. The average Bonchev–Trinajstić information content (AvgIpc) is 3.16. The summed E-state index contributed by atoms with van der Waals surface area (Å²) < 4.78 is 11.3. The van der Waals surface area contributed by atoms with Crippen molar-refractivity contribution in [2.75, 3.05) is 0 Å². The minimum atomic E-state index is 0.640. The molecule has 0 saturated carbocycles. The van der Waals surface area contributed by atoms with Crippen molar-refractivity contribution < 1.29 is 8.83 Å². The molecule has 0 aliphatic rings. The Hall–Kier alpha value is -2.81. The molecule has 0 fully saturated rings. The highest BCUT2D eigenvalue weighted by Gasteiger charge is 2.10. The van der Waals surface area contributed by atoms with Crippen LogP contribution in [0.25, 0.3) is 33.9 Å². The van der Waals surface area contributed by atoms with Gasteiger partial charge in [-0.3, -0.25) is 0 Å². The molecular weight excluding hydrogens is 262 g/mol. The molecule has 2 aromatic carbocycles. The summed E-state index contributed by atoms with van der Waals surface area (Å²) in [6.45, 7) is 2.06. The zero-order valence-corrected chi connectivity index (χ0v) is 11.5. The van der Waals surface area contributed by atoms with Gasteiger partial charge in [0, 0.05) is 11.1 Å². The van der Waals surface area contributed by atoms with Crippen LogP contribution in [-0.2, 0) is 0 Å². The van der Waals surface area contributed by atoms with E-state index in [0.717, 1.165) is 28.0 Å². The molecule has 0 aliphatic heterocycles. The summed E-state index contributed by atoms with van der Waals surface area (Å²) >= 11 is 0. The molecule has 2 aromatic heterocycles. The molecule has 0 spiro atoms. The number of oxazole rings is 1. The van der Waals surface area contributed by atoms with Gasteiger partial charge in [-0.2, -0.15) is 0 Å². The Morgan fingerprint density at radius 3 is 2.48 bits per heavy atom. The van der Waals surface area contributed by atoms with Crippen LogP contribution in [0.5, 0.6) is 0 Å². The SMILES string of the molecule is Cc1ccc(-c2nc3ccc(-c4ccco4)cc3o2)cc1. The summed E-state index contributed by atoms with van der Waals surface area (Å²) in [5.41, 5.74) is 4.80. The zero-order valence-electron chi connectivity index (χ0n) is 11.5. The van der Waals surface area contributed by atoms with Crippen LogP contribution in [0.15, 0.2) is 69.7 Å². The molecular formula is C18H13NO2. The summed E-state index contributed by atoms with van der Waals surface area (Å²) in [5.74, 6) is 1.46. The van der Waals surface area contributed by atoms with Gasteiger partial charge in [-0.15, -0.1) is 0 Å². The number of benzene rings is 2. The van der Waals surface area contributed by atoms with E-state index in [9.17, 15) is 0 Å². The molecule has 0 radical (unpaired) electrons. The highest BCUT2D eigenvalue weighted by Crippen LogP contribution is 2.28. The third kappa shape index (κ3) is 2.13. The maximum atomic E-state index is 5.88. The normalized spacial score (nSPS) is 11.1. The lowest BCUT2D eigenvalue weighted by Crippen LogP contribution is -1.77. The molecule has 21 heavy (non-hydrogen) atoms. The number of hydrogen-bond acceptors (Lipinski definition) is 3. The van der Waals surface area contributed by atoms with Crippen molar-refractivity contribution in [3.05, 3.63) is 66.4 Å². The van der Waals surface area contributed by atoms with Crippen LogP contribution < -0.4 is 0 Å². The summed E-state index contributed by atoms with van der Waals surface area (Å²) in [7, 11) is 0. The summed E-state index contributed by atoms with van der Waals surface area (Å²) in [5, 5.41) is 0. The van der Waals surface area contributed by atoms with E-state index in [-0.39, 0.29) is 0 Å². The third-order valence-corrected chi connectivity index (χ3v) is 3.49. The van der Waals surface area contributed by atoms with E-state index < -0.39 is 0 Å².